The summed E-state index contributed by atoms with van der Waals surface area (Å²) in [5.74, 6) is 1.50. The topological polar surface area (TPSA) is 73.0 Å². The van der Waals surface area contributed by atoms with E-state index in [1.165, 1.54) is 6.39 Å². The Morgan fingerprint density at radius 2 is 2.18 bits per heavy atom. The molecule has 2 aromatic heterocycles. The Kier molecular flexibility index (Phi) is 3.54. The van der Waals surface area contributed by atoms with Gasteiger partial charge in [-0.15, -0.1) is 0 Å². The second-order valence-electron chi connectivity index (χ2n) is 7.18. The van der Waals surface area contributed by atoms with Gasteiger partial charge in [-0.2, -0.15) is 5.10 Å². The minimum Gasteiger partial charge on any atom is -0.447 e. The van der Waals surface area contributed by atoms with E-state index in [9.17, 15) is 4.79 Å². The van der Waals surface area contributed by atoms with Gasteiger partial charge >= 0.3 is 0 Å². The summed E-state index contributed by atoms with van der Waals surface area (Å²) < 4.78 is 7.04. The molecule has 1 saturated carbocycles. The van der Waals surface area contributed by atoms with Gasteiger partial charge in [0.05, 0.1) is 5.69 Å². The molecule has 22 heavy (non-hydrogen) atoms. The van der Waals surface area contributed by atoms with Crippen molar-refractivity contribution >= 4 is 11.7 Å². The van der Waals surface area contributed by atoms with E-state index in [1.54, 1.807) is 4.68 Å². The lowest BCUT2D eigenvalue weighted by atomic mass is 9.91. The number of amides is 1. The predicted octanol–water partition coefficient (Wildman–Crippen LogP) is 3.13. The molecule has 0 bridgehead atoms. The van der Waals surface area contributed by atoms with Crippen molar-refractivity contribution < 1.29 is 9.21 Å². The Balaban J connectivity index is 1.75. The van der Waals surface area contributed by atoms with Gasteiger partial charge in [-0.25, -0.2) is 4.98 Å². The van der Waals surface area contributed by atoms with Gasteiger partial charge < -0.3 is 9.73 Å². The van der Waals surface area contributed by atoms with Crippen molar-refractivity contribution in [2.45, 2.75) is 46.0 Å². The summed E-state index contributed by atoms with van der Waals surface area (Å²) in [7, 11) is 1.83. The Morgan fingerprint density at radius 1 is 1.45 bits per heavy atom. The lowest BCUT2D eigenvalue weighted by molar-refractivity contribution is 0.102. The van der Waals surface area contributed by atoms with Crippen LogP contribution in [0.1, 0.15) is 61.5 Å². The molecule has 2 heterocycles. The van der Waals surface area contributed by atoms with E-state index < -0.39 is 0 Å². The van der Waals surface area contributed by atoms with Crippen LogP contribution < -0.4 is 5.32 Å². The van der Waals surface area contributed by atoms with Crippen molar-refractivity contribution in [3.63, 3.8) is 0 Å². The van der Waals surface area contributed by atoms with Crippen LogP contribution in [0, 0.1) is 5.41 Å². The van der Waals surface area contributed by atoms with Gasteiger partial charge in [0.1, 0.15) is 11.6 Å². The number of rotatable bonds is 4. The molecule has 0 aliphatic heterocycles. The van der Waals surface area contributed by atoms with Crippen molar-refractivity contribution in [1.29, 1.82) is 0 Å². The first kappa shape index (κ1) is 14.8. The molecule has 118 valence electrons. The molecule has 6 heteroatoms. The van der Waals surface area contributed by atoms with Crippen molar-refractivity contribution in [3.8, 4) is 0 Å². The molecular formula is C16H22N4O2. The highest BCUT2D eigenvalue weighted by molar-refractivity contribution is 6.03. The predicted molar refractivity (Wildman–Crippen MR) is 82.8 cm³/mol. The fourth-order valence-corrected chi connectivity index (χ4v) is 2.51. The third-order valence-electron chi connectivity index (χ3n) is 3.64. The maximum Gasteiger partial charge on any atom is 0.279 e. The summed E-state index contributed by atoms with van der Waals surface area (Å²) >= 11 is 0. The van der Waals surface area contributed by atoms with Gasteiger partial charge in [0, 0.05) is 19.0 Å². The molecule has 1 N–H and O–H groups in total. The first-order valence-electron chi connectivity index (χ1n) is 7.61. The molecule has 0 aromatic carbocycles. The fraction of sp³-hybridized carbons (Fsp3) is 0.562. The van der Waals surface area contributed by atoms with E-state index in [0.29, 0.717) is 23.2 Å². The van der Waals surface area contributed by atoms with Gasteiger partial charge in [-0.1, -0.05) is 20.8 Å². The highest BCUT2D eigenvalue weighted by atomic mass is 16.3. The number of nitrogens with one attached hydrogen (secondary N) is 1. The van der Waals surface area contributed by atoms with Crippen molar-refractivity contribution in [1.82, 2.24) is 14.8 Å². The number of anilines is 1. The van der Waals surface area contributed by atoms with E-state index in [-0.39, 0.29) is 11.3 Å². The zero-order valence-corrected chi connectivity index (χ0v) is 13.5. The Bertz CT molecular complexity index is 689. The fourth-order valence-electron chi connectivity index (χ4n) is 2.51. The highest BCUT2D eigenvalue weighted by Crippen LogP contribution is 2.41. The summed E-state index contributed by atoms with van der Waals surface area (Å²) in [4.78, 5) is 16.5. The summed E-state index contributed by atoms with van der Waals surface area (Å²) in [6.07, 6.45) is 4.33. The second kappa shape index (κ2) is 5.26. The van der Waals surface area contributed by atoms with E-state index in [1.807, 2.05) is 13.1 Å². The minimum absolute atomic E-state index is 0.154. The first-order chi connectivity index (χ1) is 10.3. The van der Waals surface area contributed by atoms with Gasteiger partial charge in [0.2, 0.25) is 0 Å². The molecule has 1 amide bonds. The van der Waals surface area contributed by atoms with Crippen LogP contribution in [0.4, 0.5) is 5.82 Å². The number of hydrogen-bond donors (Lipinski definition) is 1. The van der Waals surface area contributed by atoms with Crippen molar-refractivity contribution in [2.24, 2.45) is 12.5 Å². The molecular weight excluding hydrogens is 280 g/mol. The van der Waals surface area contributed by atoms with Crippen LogP contribution in [0.25, 0.3) is 0 Å². The Labute approximate surface area is 129 Å². The molecule has 6 nitrogen and oxygen atoms in total. The first-order valence-corrected chi connectivity index (χ1v) is 7.61. The summed E-state index contributed by atoms with van der Waals surface area (Å²) in [6, 6.07) is 1.92. The van der Waals surface area contributed by atoms with Crippen LogP contribution >= 0.6 is 0 Å². The highest BCUT2D eigenvalue weighted by Gasteiger charge is 2.32. The van der Waals surface area contributed by atoms with Gasteiger partial charge in [-0.3, -0.25) is 9.48 Å². The summed E-state index contributed by atoms with van der Waals surface area (Å²) in [5, 5.41) is 7.34. The lowest BCUT2D eigenvalue weighted by Crippen LogP contribution is -2.16. The smallest absolute Gasteiger partial charge is 0.279 e. The summed E-state index contributed by atoms with van der Waals surface area (Å²) in [5.41, 5.74) is 1.51. The molecule has 1 aliphatic carbocycles. The molecule has 0 unspecified atom stereocenters. The molecule has 0 spiro atoms. The Hall–Kier alpha value is -2.11. The number of carbonyl (C=O) groups is 1. The van der Waals surface area contributed by atoms with E-state index in [0.717, 1.165) is 25.0 Å². The van der Waals surface area contributed by atoms with Crippen LogP contribution in [0.2, 0.25) is 0 Å². The number of hydrogen-bond acceptors (Lipinski definition) is 4. The van der Waals surface area contributed by atoms with Crippen LogP contribution in [0.15, 0.2) is 16.9 Å². The average molecular weight is 302 g/mol. The normalized spacial score (nSPS) is 15.1. The largest absolute Gasteiger partial charge is 0.447 e. The van der Waals surface area contributed by atoms with Crippen LogP contribution in [-0.2, 0) is 13.5 Å². The van der Waals surface area contributed by atoms with E-state index >= 15 is 0 Å². The lowest BCUT2D eigenvalue weighted by Gasteiger charge is -2.15. The molecule has 0 radical (unpaired) electrons. The number of aromatic nitrogens is 3. The number of carbonyl (C=O) groups excluding carboxylic acids is 1. The summed E-state index contributed by atoms with van der Waals surface area (Å²) in [6.45, 7) is 6.49. The average Bonchev–Trinajstić information content (AvgIpc) is 3.02. The van der Waals surface area contributed by atoms with Gasteiger partial charge in [0.25, 0.3) is 5.91 Å². The Morgan fingerprint density at radius 3 is 2.82 bits per heavy atom. The SMILES string of the molecule is Cn1nc(CC(C)(C)C)cc1NC(=O)c1ncoc1C1CC1. The quantitative estimate of drug-likeness (QED) is 0.941. The molecule has 3 rings (SSSR count). The standard InChI is InChI=1S/C16H22N4O2/c1-16(2,3)8-11-7-12(20(4)19-11)18-15(21)13-14(10-5-6-10)22-9-17-13/h7,9-10H,5-6,8H2,1-4H3,(H,18,21). The minimum atomic E-state index is -0.235. The third-order valence-corrected chi connectivity index (χ3v) is 3.64. The zero-order chi connectivity index (χ0) is 15.9. The zero-order valence-electron chi connectivity index (χ0n) is 13.5. The van der Waals surface area contributed by atoms with Gasteiger partial charge in [-0.05, 0) is 24.7 Å². The van der Waals surface area contributed by atoms with Crippen molar-refractivity contribution in [2.75, 3.05) is 5.32 Å². The molecule has 0 atom stereocenters. The van der Waals surface area contributed by atoms with Crippen molar-refractivity contribution in [3.05, 3.63) is 29.6 Å². The second-order valence-corrected chi connectivity index (χ2v) is 7.18. The molecule has 1 aliphatic rings. The van der Waals surface area contributed by atoms with E-state index in [4.69, 9.17) is 4.42 Å². The maximum absolute atomic E-state index is 12.4. The number of aryl methyl sites for hydroxylation is 1. The molecule has 1 fully saturated rings. The molecule has 0 saturated heterocycles. The third kappa shape index (κ3) is 3.21. The van der Waals surface area contributed by atoms with Crippen LogP contribution in [0.3, 0.4) is 0 Å². The maximum atomic E-state index is 12.4. The number of oxazole rings is 1. The van der Waals surface area contributed by atoms with Crippen LogP contribution in [0.5, 0.6) is 0 Å². The monoisotopic (exact) mass is 302 g/mol. The van der Waals surface area contributed by atoms with E-state index in [2.05, 4.69) is 36.2 Å². The van der Waals surface area contributed by atoms with Gasteiger partial charge in [0.15, 0.2) is 12.1 Å². The number of nitrogens with zero attached hydrogens (tertiary/aromatic N) is 3. The molecule has 2 aromatic rings. The van der Waals surface area contributed by atoms with Crippen LogP contribution in [-0.4, -0.2) is 20.7 Å².